The van der Waals surface area contributed by atoms with Crippen LogP contribution in [0.2, 0.25) is 0 Å². The molecule has 0 saturated carbocycles. The standard InChI is InChI=1S/C14H19N3O/c1-3-14(15)11-4-6-13(7-5-11)18-9-12-8-16-10-17(12)2/h4-8,10,14H,3,9,15H2,1-2H3. The SMILES string of the molecule is CCC(N)c1ccc(OCc2cncn2C)cc1. The number of benzene rings is 1. The summed E-state index contributed by atoms with van der Waals surface area (Å²) in [5, 5.41) is 0. The molecule has 1 aromatic carbocycles. The zero-order valence-electron chi connectivity index (χ0n) is 10.8. The minimum Gasteiger partial charge on any atom is -0.487 e. The maximum Gasteiger partial charge on any atom is 0.130 e. The van der Waals surface area contributed by atoms with E-state index in [0.29, 0.717) is 6.61 Å². The molecule has 0 aliphatic rings. The minimum absolute atomic E-state index is 0.108. The van der Waals surface area contributed by atoms with Crippen molar-refractivity contribution < 1.29 is 4.74 Å². The first-order chi connectivity index (χ1) is 8.70. The van der Waals surface area contributed by atoms with E-state index in [9.17, 15) is 0 Å². The van der Waals surface area contributed by atoms with E-state index in [0.717, 1.165) is 23.4 Å². The van der Waals surface area contributed by atoms with Crippen molar-refractivity contribution in [3.05, 3.63) is 48.0 Å². The van der Waals surface area contributed by atoms with Crippen LogP contribution in [0, 0.1) is 0 Å². The van der Waals surface area contributed by atoms with Crippen molar-refractivity contribution in [3.63, 3.8) is 0 Å². The van der Waals surface area contributed by atoms with Crippen LogP contribution in [0.3, 0.4) is 0 Å². The fraction of sp³-hybridized carbons (Fsp3) is 0.357. The zero-order valence-corrected chi connectivity index (χ0v) is 10.8. The number of imidazole rings is 1. The van der Waals surface area contributed by atoms with Crippen LogP contribution in [-0.2, 0) is 13.7 Å². The number of hydrogen-bond donors (Lipinski definition) is 1. The van der Waals surface area contributed by atoms with Gasteiger partial charge in [-0.2, -0.15) is 0 Å². The molecule has 18 heavy (non-hydrogen) atoms. The van der Waals surface area contributed by atoms with E-state index < -0.39 is 0 Å². The van der Waals surface area contributed by atoms with Crippen LogP contribution < -0.4 is 10.5 Å². The summed E-state index contributed by atoms with van der Waals surface area (Å²) in [5.41, 5.74) is 8.15. The Hall–Kier alpha value is -1.81. The Morgan fingerprint density at radius 1 is 1.33 bits per heavy atom. The van der Waals surface area contributed by atoms with Crippen LogP contribution >= 0.6 is 0 Å². The Morgan fingerprint density at radius 3 is 2.61 bits per heavy atom. The van der Waals surface area contributed by atoms with E-state index >= 15 is 0 Å². The predicted octanol–water partition coefficient (Wildman–Crippen LogP) is 2.41. The molecule has 4 nitrogen and oxygen atoms in total. The van der Waals surface area contributed by atoms with E-state index in [2.05, 4.69) is 11.9 Å². The van der Waals surface area contributed by atoms with Gasteiger partial charge in [-0.15, -0.1) is 0 Å². The Bertz CT molecular complexity index is 490. The molecular formula is C14H19N3O. The monoisotopic (exact) mass is 245 g/mol. The van der Waals surface area contributed by atoms with E-state index in [1.165, 1.54) is 0 Å². The van der Waals surface area contributed by atoms with Crippen LogP contribution in [0.15, 0.2) is 36.8 Å². The normalized spacial score (nSPS) is 12.4. The van der Waals surface area contributed by atoms with Crippen molar-refractivity contribution in [1.29, 1.82) is 0 Å². The van der Waals surface area contributed by atoms with Gasteiger partial charge in [-0.05, 0) is 24.1 Å². The summed E-state index contributed by atoms with van der Waals surface area (Å²) in [6, 6.07) is 8.07. The van der Waals surface area contributed by atoms with Gasteiger partial charge in [0.1, 0.15) is 12.4 Å². The Balaban J connectivity index is 1.96. The van der Waals surface area contributed by atoms with Gasteiger partial charge in [0.15, 0.2) is 0 Å². The van der Waals surface area contributed by atoms with Gasteiger partial charge in [0.2, 0.25) is 0 Å². The molecule has 0 amide bonds. The van der Waals surface area contributed by atoms with Crippen LogP contribution in [0.25, 0.3) is 0 Å². The highest BCUT2D eigenvalue weighted by Crippen LogP contribution is 2.18. The Morgan fingerprint density at radius 2 is 2.06 bits per heavy atom. The molecule has 1 atom stereocenters. The van der Waals surface area contributed by atoms with E-state index in [1.54, 1.807) is 12.5 Å². The lowest BCUT2D eigenvalue weighted by atomic mass is 10.1. The minimum atomic E-state index is 0.108. The summed E-state index contributed by atoms with van der Waals surface area (Å²) < 4.78 is 7.64. The zero-order chi connectivity index (χ0) is 13.0. The van der Waals surface area contributed by atoms with Crippen molar-refractivity contribution in [1.82, 2.24) is 9.55 Å². The molecule has 2 aromatic rings. The molecule has 0 saturated heterocycles. The van der Waals surface area contributed by atoms with Gasteiger partial charge >= 0.3 is 0 Å². The van der Waals surface area contributed by atoms with E-state index in [1.807, 2.05) is 35.9 Å². The molecule has 0 spiro atoms. The van der Waals surface area contributed by atoms with Crippen molar-refractivity contribution >= 4 is 0 Å². The molecule has 0 aliphatic carbocycles. The van der Waals surface area contributed by atoms with Gasteiger partial charge in [0, 0.05) is 13.1 Å². The fourth-order valence-corrected chi connectivity index (χ4v) is 1.73. The maximum absolute atomic E-state index is 5.96. The number of rotatable bonds is 5. The summed E-state index contributed by atoms with van der Waals surface area (Å²) in [7, 11) is 1.95. The van der Waals surface area contributed by atoms with Gasteiger partial charge in [-0.3, -0.25) is 0 Å². The molecule has 0 radical (unpaired) electrons. The average molecular weight is 245 g/mol. The van der Waals surface area contributed by atoms with Gasteiger partial charge in [-0.1, -0.05) is 19.1 Å². The topological polar surface area (TPSA) is 53.1 Å². The first-order valence-corrected chi connectivity index (χ1v) is 6.14. The number of hydrogen-bond acceptors (Lipinski definition) is 3. The number of aromatic nitrogens is 2. The molecule has 1 aromatic heterocycles. The van der Waals surface area contributed by atoms with Crippen LogP contribution in [-0.4, -0.2) is 9.55 Å². The lowest BCUT2D eigenvalue weighted by Crippen LogP contribution is -2.08. The lowest BCUT2D eigenvalue weighted by molar-refractivity contribution is 0.297. The average Bonchev–Trinajstić information content (AvgIpc) is 2.81. The van der Waals surface area contributed by atoms with Crippen LogP contribution in [0.4, 0.5) is 0 Å². The second-order valence-electron chi connectivity index (χ2n) is 4.37. The summed E-state index contributed by atoms with van der Waals surface area (Å²) in [5.74, 6) is 0.850. The molecule has 4 heteroatoms. The Labute approximate surface area is 107 Å². The molecule has 0 bridgehead atoms. The summed E-state index contributed by atoms with van der Waals surface area (Å²) >= 11 is 0. The van der Waals surface area contributed by atoms with E-state index in [4.69, 9.17) is 10.5 Å². The molecule has 0 aliphatic heterocycles. The third-order valence-electron chi connectivity index (χ3n) is 3.05. The third-order valence-corrected chi connectivity index (χ3v) is 3.05. The summed E-state index contributed by atoms with van der Waals surface area (Å²) in [4.78, 5) is 4.05. The van der Waals surface area contributed by atoms with Crippen molar-refractivity contribution in [3.8, 4) is 5.75 Å². The number of aryl methyl sites for hydroxylation is 1. The molecule has 1 unspecified atom stereocenters. The predicted molar refractivity (Wildman–Crippen MR) is 71.2 cm³/mol. The van der Waals surface area contributed by atoms with E-state index in [-0.39, 0.29) is 6.04 Å². The maximum atomic E-state index is 5.96. The van der Waals surface area contributed by atoms with Crippen molar-refractivity contribution in [2.45, 2.75) is 26.0 Å². The van der Waals surface area contributed by atoms with Crippen molar-refractivity contribution in [2.24, 2.45) is 12.8 Å². The molecule has 1 heterocycles. The largest absolute Gasteiger partial charge is 0.487 e. The second kappa shape index (κ2) is 5.69. The van der Waals surface area contributed by atoms with Gasteiger partial charge in [0.05, 0.1) is 18.2 Å². The van der Waals surface area contributed by atoms with Crippen LogP contribution in [0.1, 0.15) is 30.6 Å². The highest BCUT2D eigenvalue weighted by atomic mass is 16.5. The van der Waals surface area contributed by atoms with Crippen molar-refractivity contribution in [2.75, 3.05) is 0 Å². The number of ether oxygens (including phenoxy) is 1. The molecular weight excluding hydrogens is 226 g/mol. The molecule has 96 valence electrons. The lowest BCUT2D eigenvalue weighted by Gasteiger charge is -2.11. The quantitative estimate of drug-likeness (QED) is 0.880. The Kier molecular flexibility index (Phi) is 3.99. The fourth-order valence-electron chi connectivity index (χ4n) is 1.73. The van der Waals surface area contributed by atoms with Gasteiger partial charge < -0.3 is 15.0 Å². The van der Waals surface area contributed by atoms with Crippen LogP contribution in [0.5, 0.6) is 5.75 Å². The smallest absolute Gasteiger partial charge is 0.130 e. The molecule has 2 N–H and O–H groups in total. The van der Waals surface area contributed by atoms with Gasteiger partial charge in [-0.25, -0.2) is 4.98 Å². The van der Waals surface area contributed by atoms with Gasteiger partial charge in [0.25, 0.3) is 0 Å². The first-order valence-electron chi connectivity index (χ1n) is 6.14. The summed E-state index contributed by atoms with van der Waals surface area (Å²) in [6.45, 7) is 2.60. The second-order valence-corrected chi connectivity index (χ2v) is 4.37. The first kappa shape index (κ1) is 12.6. The number of nitrogens with zero attached hydrogens (tertiary/aromatic N) is 2. The third kappa shape index (κ3) is 2.90. The molecule has 2 rings (SSSR count). The number of nitrogens with two attached hydrogens (primary N) is 1. The molecule has 0 fully saturated rings. The summed E-state index contributed by atoms with van der Waals surface area (Å²) in [6.07, 6.45) is 4.51. The highest BCUT2D eigenvalue weighted by molar-refractivity contribution is 5.29. The highest BCUT2D eigenvalue weighted by Gasteiger charge is 2.04.